The monoisotopic (exact) mass is 280 g/mol. The number of nitrogens with zero attached hydrogens (tertiary/aromatic N) is 1. The van der Waals surface area contributed by atoms with Crippen LogP contribution in [-0.4, -0.2) is 42.3 Å². The van der Waals surface area contributed by atoms with Gasteiger partial charge in [-0.1, -0.05) is 12.1 Å². The zero-order valence-corrected chi connectivity index (χ0v) is 11.0. The first-order chi connectivity index (χ1) is 9.58. The predicted molar refractivity (Wildman–Crippen MR) is 73.0 cm³/mol. The molecule has 1 aromatic rings. The molecule has 0 fully saturated rings. The number of carbonyl (C=O) groups is 1. The van der Waals surface area contributed by atoms with Crippen LogP contribution in [-0.2, 0) is 9.53 Å². The highest BCUT2D eigenvalue weighted by atomic mass is 16.6. The van der Waals surface area contributed by atoms with E-state index in [0.29, 0.717) is 5.56 Å². The quantitative estimate of drug-likeness (QED) is 0.435. The fourth-order valence-electron chi connectivity index (χ4n) is 1.55. The average molecular weight is 280 g/mol. The maximum Gasteiger partial charge on any atom is 0.276 e. The lowest BCUT2D eigenvalue weighted by Crippen LogP contribution is -2.39. The molecule has 0 aliphatic carbocycles. The van der Waals surface area contributed by atoms with E-state index in [2.05, 4.69) is 5.32 Å². The molecule has 108 valence electrons. The van der Waals surface area contributed by atoms with E-state index >= 15 is 0 Å². The van der Waals surface area contributed by atoms with Gasteiger partial charge in [-0.2, -0.15) is 0 Å². The smallest absolute Gasteiger partial charge is 0.276 e. The average Bonchev–Trinajstić information content (AvgIpc) is 2.44. The minimum Gasteiger partial charge on any atom is -0.394 e. The van der Waals surface area contributed by atoms with Crippen molar-refractivity contribution in [1.29, 1.82) is 0 Å². The van der Waals surface area contributed by atoms with Crippen molar-refractivity contribution in [3.63, 3.8) is 0 Å². The molecule has 1 aromatic carbocycles. The Hall–Kier alpha value is -2.25. The van der Waals surface area contributed by atoms with E-state index in [9.17, 15) is 14.9 Å². The molecule has 20 heavy (non-hydrogen) atoms. The summed E-state index contributed by atoms with van der Waals surface area (Å²) in [4.78, 5) is 21.9. The van der Waals surface area contributed by atoms with E-state index in [1.165, 1.54) is 25.3 Å². The Morgan fingerprint density at radius 2 is 2.25 bits per heavy atom. The van der Waals surface area contributed by atoms with Crippen molar-refractivity contribution in [2.24, 2.45) is 0 Å². The summed E-state index contributed by atoms with van der Waals surface area (Å²) in [6.07, 6.45) is 2.54. The van der Waals surface area contributed by atoms with E-state index < -0.39 is 16.9 Å². The fraction of sp³-hybridized carbons (Fsp3) is 0.308. The SMILES string of the molecule is COCC(CO)NC(=O)/C=C/c1ccccc1[N+](=O)[O-]. The molecule has 7 heteroatoms. The van der Waals surface area contributed by atoms with Gasteiger partial charge in [-0.15, -0.1) is 0 Å². The third kappa shape index (κ3) is 4.79. The third-order valence-corrected chi connectivity index (χ3v) is 2.48. The predicted octanol–water partition coefficient (Wildman–Crippen LogP) is 0.731. The van der Waals surface area contributed by atoms with Crippen LogP contribution in [0.15, 0.2) is 30.3 Å². The number of methoxy groups -OCH3 is 1. The van der Waals surface area contributed by atoms with Crippen molar-refractivity contribution in [3.8, 4) is 0 Å². The molecule has 0 spiro atoms. The summed E-state index contributed by atoms with van der Waals surface area (Å²) in [5.41, 5.74) is 0.257. The lowest BCUT2D eigenvalue weighted by atomic mass is 10.1. The second-order valence-electron chi connectivity index (χ2n) is 3.99. The molecule has 2 N–H and O–H groups in total. The van der Waals surface area contributed by atoms with Gasteiger partial charge >= 0.3 is 0 Å². The highest BCUT2D eigenvalue weighted by Gasteiger charge is 2.11. The third-order valence-electron chi connectivity index (χ3n) is 2.48. The molecule has 0 radical (unpaired) electrons. The molecule has 1 amide bonds. The van der Waals surface area contributed by atoms with Crippen LogP contribution in [0.5, 0.6) is 0 Å². The van der Waals surface area contributed by atoms with Crippen LogP contribution in [0.3, 0.4) is 0 Å². The first kappa shape index (κ1) is 15.8. The molecule has 1 atom stereocenters. The zero-order valence-electron chi connectivity index (χ0n) is 11.0. The minimum absolute atomic E-state index is 0.0767. The van der Waals surface area contributed by atoms with Gasteiger partial charge in [-0.3, -0.25) is 14.9 Å². The molecule has 7 nitrogen and oxygen atoms in total. The normalized spacial score (nSPS) is 12.3. The Morgan fingerprint density at radius 1 is 1.55 bits per heavy atom. The van der Waals surface area contributed by atoms with Gasteiger partial charge in [0.25, 0.3) is 5.69 Å². The Kier molecular flexibility index (Phi) is 6.34. The van der Waals surface area contributed by atoms with Crippen molar-refractivity contribution in [2.45, 2.75) is 6.04 Å². The maximum absolute atomic E-state index is 11.6. The Balaban J connectivity index is 2.72. The van der Waals surface area contributed by atoms with E-state index in [1.807, 2.05) is 0 Å². The van der Waals surface area contributed by atoms with Gasteiger partial charge in [0.1, 0.15) is 0 Å². The standard InChI is InChI=1S/C13H16N2O5/c1-20-9-11(8-16)14-13(17)7-6-10-4-2-3-5-12(10)15(18)19/h2-7,11,16H,8-9H2,1H3,(H,14,17)/b7-6+. The van der Waals surface area contributed by atoms with Crippen molar-refractivity contribution in [1.82, 2.24) is 5.32 Å². The number of nitrogens with one attached hydrogen (secondary N) is 1. The van der Waals surface area contributed by atoms with Crippen LogP contribution in [0.2, 0.25) is 0 Å². The largest absolute Gasteiger partial charge is 0.394 e. The number of rotatable bonds is 7. The molecule has 0 aromatic heterocycles. The lowest BCUT2D eigenvalue weighted by molar-refractivity contribution is -0.385. The minimum atomic E-state index is -0.515. The summed E-state index contributed by atoms with van der Waals surface area (Å²) in [5.74, 6) is -0.459. The van der Waals surface area contributed by atoms with Crippen LogP contribution in [0.1, 0.15) is 5.56 Å². The molecule has 0 bridgehead atoms. The number of nitro groups is 1. The zero-order chi connectivity index (χ0) is 15.0. The van der Waals surface area contributed by atoms with Crippen LogP contribution >= 0.6 is 0 Å². The Bertz CT molecular complexity index is 501. The van der Waals surface area contributed by atoms with E-state index in [4.69, 9.17) is 9.84 Å². The molecular weight excluding hydrogens is 264 g/mol. The molecule has 0 aliphatic heterocycles. The second kappa shape index (κ2) is 8.03. The summed E-state index contributed by atoms with van der Waals surface area (Å²) in [6, 6.07) is 5.59. The number of ether oxygens (including phenoxy) is 1. The highest BCUT2D eigenvalue weighted by Crippen LogP contribution is 2.18. The number of nitro benzene ring substituents is 1. The highest BCUT2D eigenvalue weighted by molar-refractivity contribution is 5.92. The van der Waals surface area contributed by atoms with E-state index in [0.717, 1.165) is 0 Å². The molecule has 0 heterocycles. The second-order valence-corrected chi connectivity index (χ2v) is 3.99. The number of aliphatic hydroxyl groups is 1. The van der Waals surface area contributed by atoms with Crippen LogP contribution in [0, 0.1) is 10.1 Å². The molecule has 0 saturated heterocycles. The summed E-state index contributed by atoms with van der Waals surface area (Å²) in [5, 5.41) is 22.3. The van der Waals surface area contributed by atoms with Gasteiger partial charge in [0.05, 0.1) is 29.7 Å². The van der Waals surface area contributed by atoms with Crippen molar-refractivity contribution >= 4 is 17.7 Å². The van der Waals surface area contributed by atoms with Crippen molar-refractivity contribution in [2.75, 3.05) is 20.3 Å². The van der Waals surface area contributed by atoms with Crippen LogP contribution in [0.4, 0.5) is 5.69 Å². The Morgan fingerprint density at radius 3 is 2.85 bits per heavy atom. The van der Waals surface area contributed by atoms with Gasteiger partial charge in [0.2, 0.25) is 5.91 Å². The van der Waals surface area contributed by atoms with Gasteiger partial charge in [0, 0.05) is 19.3 Å². The molecule has 0 saturated carbocycles. The van der Waals surface area contributed by atoms with Gasteiger partial charge in [-0.25, -0.2) is 0 Å². The van der Waals surface area contributed by atoms with Gasteiger partial charge in [0.15, 0.2) is 0 Å². The topological polar surface area (TPSA) is 102 Å². The summed E-state index contributed by atoms with van der Waals surface area (Å²) in [6.45, 7) is -0.0690. The molecule has 1 unspecified atom stereocenters. The molecular formula is C13H16N2O5. The number of hydrogen-bond donors (Lipinski definition) is 2. The number of para-hydroxylation sites is 1. The first-order valence-electron chi connectivity index (χ1n) is 5.90. The fourth-order valence-corrected chi connectivity index (χ4v) is 1.55. The van der Waals surface area contributed by atoms with Gasteiger partial charge < -0.3 is 15.2 Å². The van der Waals surface area contributed by atoms with Crippen molar-refractivity contribution < 1.29 is 19.6 Å². The molecule has 0 aliphatic rings. The maximum atomic E-state index is 11.6. The number of benzene rings is 1. The first-order valence-corrected chi connectivity index (χ1v) is 5.90. The van der Waals surface area contributed by atoms with Crippen molar-refractivity contribution in [3.05, 3.63) is 46.0 Å². The van der Waals surface area contributed by atoms with Crippen LogP contribution in [0.25, 0.3) is 6.08 Å². The van der Waals surface area contributed by atoms with Gasteiger partial charge in [-0.05, 0) is 12.1 Å². The van der Waals surface area contributed by atoms with Crippen LogP contribution < -0.4 is 5.32 Å². The number of aliphatic hydroxyl groups excluding tert-OH is 1. The Labute approximate surface area is 116 Å². The summed E-state index contributed by atoms with van der Waals surface area (Å²) >= 11 is 0. The number of hydrogen-bond acceptors (Lipinski definition) is 5. The lowest BCUT2D eigenvalue weighted by Gasteiger charge is -2.13. The van der Waals surface area contributed by atoms with E-state index in [1.54, 1.807) is 18.2 Å². The molecule has 1 rings (SSSR count). The summed E-state index contributed by atoms with van der Waals surface area (Å²) in [7, 11) is 1.46. The van der Waals surface area contributed by atoms with E-state index in [-0.39, 0.29) is 18.9 Å². The summed E-state index contributed by atoms with van der Waals surface area (Å²) < 4.78 is 4.82. The number of carbonyl (C=O) groups excluding carboxylic acids is 1. The number of amides is 1.